The number of aliphatic hydroxyl groups excluding tert-OH is 1. The highest BCUT2D eigenvalue weighted by molar-refractivity contribution is 5.89. The zero-order valence-corrected chi connectivity index (χ0v) is 79.7. The number of carbonyl (C=O) groups excluding carboxylic acids is 18. The number of rotatable bonds is 81. The van der Waals surface area contributed by atoms with Gasteiger partial charge >= 0.3 is 107 Å². The Labute approximate surface area is 809 Å². The van der Waals surface area contributed by atoms with E-state index >= 15 is 0 Å². The van der Waals surface area contributed by atoms with Gasteiger partial charge in [-0.3, -0.25) is 14.4 Å². The third kappa shape index (κ3) is 66.4. The molecule has 0 heterocycles. The van der Waals surface area contributed by atoms with Crippen LogP contribution in [0.3, 0.4) is 0 Å². The molecule has 0 amide bonds. The van der Waals surface area contributed by atoms with Crippen molar-refractivity contribution in [1.29, 1.82) is 0 Å². The first-order valence-corrected chi connectivity index (χ1v) is 43.1. The minimum Gasteiger partial charge on any atom is -0.465 e. The standard InChI is InChI=1S/C40H54O17.C34H44O15.C23H36O10/c1-7-31(41)50-21-17-13-15-19-37(47)56-29-39(25-52-33(43)9-3,26-53-34(44)10-4)23-49-24-40(27-54-35(45)11-5,28-55-36(46)12-6)30-57-38(48)20-16-14-18-22-51-32(42)8-2;1-7-26(35)43-17-15-13-14-16-32(41)49-25-34(23-47-30(39)11-5,24-48-31(40)12-6)19-42-18-33(20-44-27(36)8-2,21-45-28(37)9-3)22-46-29(38)10-4;1-17(2)20(25)31-10-7-28-14-23(13-24,15-29-8-11-32-21(26)18(3)4)16-30-9-12-33-22(27)19(5)6/h7-12H,1-6,13-30H2;7-12H,1-6,13-25H2;24H,1,3,5,7-16H2,2,4,6H3. The summed E-state index contributed by atoms with van der Waals surface area (Å²) in [6, 6.07) is 0. The fraction of sp³-hybridized carbons (Fsp3) is 0.505. The van der Waals surface area contributed by atoms with Crippen LogP contribution < -0.4 is 0 Å². The van der Waals surface area contributed by atoms with Crippen molar-refractivity contribution in [3.8, 4) is 0 Å². The number of hydrogen-bond acceptors (Lipinski definition) is 42. The third-order valence-corrected chi connectivity index (χ3v) is 17.7. The molecule has 1 N–H and O–H groups in total. The Kier molecular flexibility index (Phi) is 73.0. The number of unbranched alkanes of at least 4 members (excludes halogenated alkanes) is 6. The Balaban J connectivity index is -0.00000206. The topological polar surface area (TPSA) is 540 Å². The van der Waals surface area contributed by atoms with Gasteiger partial charge in [-0.15, -0.1) is 0 Å². The number of carbonyl (C=O) groups is 18. The molecule has 0 unspecified atom stereocenters. The lowest BCUT2D eigenvalue weighted by atomic mass is 9.90. The fourth-order valence-corrected chi connectivity index (χ4v) is 9.85. The second-order valence-corrected chi connectivity index (χ2v) is 30.4. The Morgan fingerprint density at radius 1 is 0.194 bits per heavy atom. The monoisotopic (exact) mass is 1970 g/mol. The zero-order valence-electron chi connectivity index (χ0n) is 79.7. The van der Waals surface area contributed by atoms with Crippen LogP contribution >= 0.6 is 0 Å². The molecule has 0 saturated heterocycles. The van der Waals surface area contributed by atoms with E-state index in [-0.39, 0.29) is 122 Å². The molecular formula is C97H134O42. The fourth-order valence-electron chi connectivity index (χ4n) is 9.85. The van der Waals surface area contributed by atoms with Crippen molar-refractivity contribution < 1.29 is 200 Å². The van der Waals surface area contributed by atoms with E-state index in [1.807, 2.05) is 0 Å². The first kappa shape index (κ1) is 129. The molecule has 0 aromatic heterocycles. The molecule has 0 aliphatic heterocycles. The molecule has 0 saturated carbocycles. The van der Waals surface area contributed by atoms with Crippen molar-refractivity contribution in [3.05, 3.63) is 188 Å². The maximum absolute atomic E-state index is 12.8. The lowest BCUT2D eigenvalue weighted by Gasteiger charge is -2.35. The SMILES string of the molecule is C=C(C)C(=O)OCCOCC(CO)(COCCOC(=O)C(=C)C)COCCOC(=O)C(=C)C.C=CC(=O)OCCCCCC(=O)OCC(COCC(COC(=O)C=C)(COC(=O)C=C)COC(=O)C=C)(COC(=O)C=C)COC(=O)C=C.C=CC(=O)OCCCCCC(=O)OCC(COCC(COC(=O)C=C)(COC(=O)C=C)COC(=O)CCCCCOC(=O)C=C)(COC(=O)C=C)COC(=O)C=C. The van der Waals surface area contributed by atoms with Gasteiger partial charge < -0.3 is 114 Å². The van der Waals surface area contributed by atoms with Gasteiger partial charge in [0.2, 0.25) is 0 Å². The summed E-state index contributed by atoms with van der Waals surface area (Å²) in [6.45, 7) is 47.8. The highest BCUT2D eigenvalue weighted by Gasteiger charge is 2.43. The summed E-state index contributed by atoms with van der Waals surface area (Å²) >= 11 is 0. The molecule has 774 valence electrons. The van der Waals surface area contributed by atoms with Crippen molar-refractivity contribution in [1.82, 2.24) is 0 Å². The van der Waals surface area contributed by atoms with Crippen LogP contribution in [0.5, 0.6) is 0 Å². The zero-order chi connectivity index (χ0) is 105. The number of hydrogen-bond donors (Lipinski definition) is 1. The number of aliphatic hydroxyl groups is 1. The molecule has 0 rings (SSSR count). The molecule has 0 aliphatic carbocycles. The van der Waals surface area contributed by atoms with E-state index in [4.69, 9.17) is 109 Å². The quantitative estimate of drug-likeness (QED) is 0.0268. The van der Waals surface area contributed by atoms with Gasteiger partial charge in [0.25, 0.3) is 0 Å². The first-order valence-electron chi connectivity index (χ1n) is 43.1. The molecule has 0 radical (unpaired) electrons. The summed E-state index contributed by atoms with van der Waals surface area (Å²) in [4.78, 5) is 214. The number of esters is 18. The summed E-state index contributed by atoms with van der Waals surface area (Å²) in [5, 5.41) is 10.00. The van der Waals surface area contributed by atoms with E-state index in [1.165, 1.54) is 20.8 Å². The van der Waals surface area contributed by atoms with Crippen molar-refractivity contribution in [2.75, 3.05) is 192 Å². The minimum atomic E-state index is -1.55. The molecule has 0 aromatic carbocycles. The lowest BCUT2D eigenvalue weighted by molar-refractivity contribution is -0.175. The normalized spacial score (nSPS) is 10.7. The first-order chi connectivity index (χ1) is 66.1. The maximum atomic E-state index is 12.8. The van der Waals surface area contributed by atoms with Gasteiger partial charge in [0.05, 0.1) is 120 Å². The Morgan fingerprint density at radius 2 is 0.360 bits per heavy atom. The summed E-state index contributed by atoms with van der Waals surface area (Å²) in [7, 11) is 0. The predicted molar refractivity (Wildman–Crippen MR) is 493 cm³/mol. The van der Waals surface area contributed by atoms with Crippen molar-refractivity contribution in [3.63, 3.8) is 0 Å². The molecule has 0 aromatic rings. The summed E-state index contributed by atoms with van der Waals surface area (Å²) in [5.74, 6) is -12.9. The van der Waals surface area contributed by atoms with Crippen molar-refractivity contribution in [2.24, 2.45) is 27.1 Å². The Morgan fingerprint density at radius 3 is 0.525 bits per heavy atom. The van der Waals surface area contributed by atoms with Crippen LogP contribution in [-0.4, -0.2) is 304 Å². The molecule has 0 spiro atoms. The van der Waals surface area contributed by atoms with Crippen LogP contribution in [0, 0.1) is 27.1 Å². The smallest absolute Gasteiger partial charge is 0.333 e. The number of ether oxygens (including phenoxy) is 23. The molecule has 42 nitrogen and oxygen atoms in total. The summed E-state index contributed by atoms with van der Waals surface area (Å²) in [5.41, 5.74) is -6.26. The van der Waals surface area contributed by atoms with E-state index in [0.29, 0.717) is 57.8 Å². The van der Waals surface area contributed by atoms with Crippen LogP contribution in [0.15, 0.2) is 188 Å². The second-order valence-electron chi connectivity index (χ2n) is 30.4. The highest BCUT2D eigenvalue weighted by Crippen LogP contribution is 2.30. The van der Waals surface area contributed by atoms with Gasteiger partial charge in [-0.25, -0.2) is 71.9 Å². The molecular weight excluding hydrogens is 1840 g/mol. The maximum Gasteiger partial charge on any atom is 0.333 e. The largest absolute Gasteiger partial charge is 0.465 e. The molecule has 139 heavy (non-hydrogen) atoms. The van der Waals surface area contributed by atoms with E-state index in [9.17, 15) is 91.4 Å². The highest BCUT2D eigenvalue weighted by atomic mass is 16.6. The van der Waals surface area contributed by atoms with Gasteiger partial charge in [-0.05, 0) is 78.6 Å². The van der Waals surface area contributed by atoms with Crippen LogP contribution in [0.25, 0.3) is 0 Å². The molecule has 0 aliphatic rings. The van der Waals surface area contributed by atoms with Gasteiger partial charge in [-0.1, -0.05) is 98.7 Å². The van der Waals surface area contributed by atoms with Gasteiger partial charge in [0, 0.05) is 109 Å². The van der Waals surface area contributed by atoms with E-state index in [0.717, 1.165) is 72.9 Å². The van der Waals surface area contributed by atoms with Crippen LogP contribution in [0.2, 0.25) is 0 Å². The Bertz CT molecular complexity index is 3780. The van der Waals surface area contributed by atoms with E-state index < -0.39 is 240 Å². The third-order valence-electron chi connectivity index (χ3n) is 17.7. The molecule has 0 bridgehead atoms. The van der Waals surface area contributed by atoms with Gasteiger partial charge in [0.15, 0.2) is 0 Å². The van der Waals surface area contributed by atoms with Crippen LogP contribution in [0.4, 0.5) is 0 Å². The van der Waals surface area contributed by atoms with Crippen molar-refractivity contribution >= 4 is 107 Å². The van der Waals surface area contributed by atoms with Gasteiger partial charge in [-0.2, -0.15) is 0 Å². The van der Waals surface area contributed by atoms with Crippen LogP contribution in [0.1, 0.15) is 97.8 Å². The lowest BCUT2D eigenvalue weighted by Crippen LogP contribution is -2.47. The predicted octanol–water partition coefficient (Wildman–Crippen LogP) is 7.39. The molecule has 0 fully saturated rings. The van der Waals surface area contributed by atoms with Gasteiger partial charge in [0.1, 0.15) is 99.1 Å². The molecule has 42 heteroatoms. The average Bonchev–Trinajstić information content (AvgIpc) is 0.832. The Hall–Kier alpha value is -13.7. The second kappa shape index (κ2) is 78.4. The summed E-state index contributed by atoms with van der Waals surface area (Å²) < 4.78 is 122. The summed E-state index contributed by atoms with van der Waals surface area (Å²) in [6.07, 6.45) is 15.2. The molecule has 0 atom stereocenters. The van der Waals surface area contributed by atoms with Crippen molar-refractivity contribution in [2.45, 2.75) is 97.8 Å². The van der Waals surface area contributed by atoms with Crippen LogP contribution in [-0.2, 0) is 195 Å². The van der Waals surface area contributed by atoms with E-state index in [1.54, 1.807) is 0 Å². The minimum absolute atomic E-state index is 0.0165. The average molecular weight is 1970 g/mol. The van der Waals surface area contributed by atoms with E-state index in [2.05, 4.69) is 98.7 Å².